The molecule has 3 rings (SSSR count). The van der Waals surface area contributed by atoms with Crippen LogP contribution >= 0.6 is 0 Å². The molecule has 0 aliphatic carbocycles. The van der Waals surface area contributed by atoms with E-state index in [0.717, 1.165) is 5.56 Å². The number of sulfonamides is 1. The monoisotopic (exact) mass is 399 g/mol. The lowest BCUT2D eigenvalue weighted by molar-refractivity contribution is 0.392. The highest BCUT2D eigenvalue weighted by atomic mass is 32.2. The quantitative estimate of drug-likeness (QED) is 0.602. The largest absolute Gasteiger partial charge is 0.497 e. The van der Waals surface area contributed by atoms with E-state index in [1.165, 1.54) is 26.5 Å². The number of nitrogens with one attached hydrogen (secondary N) is 2. The maximum absolute atomic E-state index is 12.8. The van der Waals surface area contributed by atoms with Gasteiger partial charge in [-0.15, -0.1) is 0 Å². The molecule has 146 valence electrons. The van der Waals surface area contributed by atoms with Gasteiger partial charge in [0.15, 0.2) is 0 Å². The SMILES string of the molecule is COc1ccc(OC)c(S(=O)(=O)Nc2ccc(NCc3ccccc3)nc2)c1. The van der Waals surface area contributed by atoms with Gasteiger partial charge in [0.25, 0.3) is 10.0 Å². The van der Waals surface area contributed by atoms with E-state index in [2.05, 4.69) is 15.0 Å². The molecule has 8 heteroatoms. The van der Waals surface area contributed by atoms with Crippen LogP contribution in [0.2, 0.25) is 0 Å². The molecule has 0 aliphatic rings. The second-order valence-electron chi connectivity index (χ2n) is 5.89. The highest BCUT2D eigenvalue weighted by molar-refractivity contribution is 7.92. The molecule has 0 amide bonds. The number of nitrogens with zero attached hydrogens (tertiary/aromatic N) is 1. The van der Waals surface area contributed by atoms with Crippen molar-refractivity contribution in [2.24, 2.45) is 0 Å². The van der Waals surface area contributed by atoms with Gasteiger partial charge in [-0.1, -0.05) is 30.3 Å². The molecule has 0 saturated heterocycles. The first-order valence-corrected chi connectivity index (χ1v) is 9.99. The topological polar surface area (TPSA) is 89.5 Å². The van der Waals surface area contributed by atoms with Gasteiger partial charge in [0.1, 0.15) is 22.2 Å². The molecule has 0 unspecified atom stereocenters. The Morgan fingerprint density at radius 3 is 2.39 bits per heavy atom. The standard InChI is InChI=1S/C20H21N3O4S/c1-26-17-9-10-18(27-2)19(12-17)28(24,25)23-16-8-11-20(22-14-16)21-13-15-6-4-3-5-7-15/h3-12,14,23H,13H2,1-2H3,(H,21,22). The minimum Gasteiger partial charge on any atom is -0.497 e. The number of hydrogen-bond donors (Lipinski definition) is 2. The van der Waals surface area contributed by atoms with E-state index in [4.69, 9.17) is 9.47 Å². The van der Waals surface area contributed by atoms with E-state index in [9.17, 15) is 8.42 Å². The highest BCUT2D eigenvalue weighted by Gasteiger charge is 2.21. The minimum absolute atomic E-state index is 0.0133. The first-order chi connectivity index (χ1) is 13.5. The van der Waals surface area contributed by atoms with Gasteiger partial charge < -0.3 is 14.8 Å². The Balaban J connectivity index is 1.72. The molecule has 7 nitrogen and oxygen atoms in total. The first kappa shape index (κ1) is 19.5. The molecule has 28 heavy (non-hydrogen) atoms. The molecule has 0 saturated carbocycles. The summed E-state index contributed by atoms with van der Waals surface area (Å²) in [5.41, 5.74) is 1.47. The molecule has 3 aromatic rings. The average molecular weight is 399 g/mol. The Morgan fingerprint density at radius 2 is 1.75 bits per heavy atom. The van der Waals surface area contributed by atoms with E-state index < -0.39 is 10.0 Å². The number of rotatable bonds is 8. The van der Waals surface area contributed by atoms with Gasteiger partial charge in [0.05, 0.1) is 26.1 Å². The van der Waals surface area contributed by atoms with Crippen molar-refractivity contribution in [1.82, 2.24) is 4.98 Å². The number of aromatic nitrogens is 1. The third-order valence-electron chi connectivity index (χ3n) is 3.99. The summed E-state index contributed by atoms with van der Waals surface area (Å²) in [6, 6.07) is 17.9. The van der Waals surface area contributed by atoms with Crippen molar-refractivity contribution >= 4 is 21.5 Å². The number of benzene rings is 2. The van der Waals surface area contributed by atoms with E-state index in [1.807, 2.05) is 30.3 Å². The molecule has 2 aromatic carbocycles. The van der Waals surface area contributed by atoms with Crippen LogP contribution in [-0.2, 0) is 16.6 Å². The molecule has 0 atom stereocenters. The molecule has 1 heterocycles. The zero-order valence-corrected chi connectivity index (χ0v) is 16.4. The summed E-state index contributed by atoms with van der Waals surface area (Å²) in [5, 5.41) is 3.19. The fraction of sp³-hybridized carbons (Fsp3) is 0.150. The fourth-order valence-corrected chi connectivity index (χ4v) is 3.78. The molecule has 0 radical (unpaired) electrons. The van der Waals surface area contributed by atoms with E-state index in [0.29, 0.717) is 23.8 Å². The van der Waals surface area contributed by atoms with Gasteiger partial charge in [0, 0.05) is 12.6 Å². The zero-order valence-electron chi connectivity index (χ0n) is 15.5. The van der Waals surface area contributed by atoms with Crippen LogP contribution in [0.1, 0.15) is 5.56 Å². The maximum atomic E-state index is 12.8. The van der Waals surface area contributed by atoms with Crippen molar-refractivity contribution in [2.75, 3.05) is 24.3 Å². The van der Waals surface area contributed by atoms with Gasteiger partial charge in [-0.2, -0.15) is 0 Å². The van der Waals surface area contributed by atoms with Crippen molar-refractivity contribution in [2.45, 2.75) is 11.4 Å². The Bertz CT molecular complexity index is 1020. The molecule has 2 N–H and O–H groups in total. The van der Waals surface area contributed by atoms with Gasteiger partial charge in [-0.05, 0) is 29.8 Å². The van der Waals surface area contributed by atoms with Crippen LogP contribution in [-0.4, -0.2) is 27.6 Å². The number of ether oxygens (including phenoxy) is 2. The molecule has 0 aliphatic heterocycles. The van der Waals surface area contributed by atoms with Crippen molar-refractivity contribution in [3.63, 3.8) is 0 Å². The normalized spacial score (nSPS) is 10.9. The van der Waals surface area contributed by atoms with E-state index >= 15 is 0 Å². The molecule has 0 fully saturated rings. The Hall–Kier alpha value is -3.26. The summed E-state index contributed by atoms with van der Waals surface area (Å²) in [4.78, 5) is 4.24. The lowest BCUT2D eigenvalue weighted by Crippen LogP contribution is -2.14. The molecular formula is C20H21N3O4S. The molecule has 0 bridgehead atoms. The van der Waals surface area contributed by atoms with Gasteiger partial charge in [0.2, 0.25) is 0 Å². The lowest BCUT2D eigenvalue weighted by Gasteiger charge is -2.13. The summed E-state index contributed by atoms with van der Waals surface area (Å²) in [7, 11) is -0.991. The third kappa shape index (κ3) is 4.72. The third-order valence-corrected chi connectivity index (χ3v) is 5.39. The van der Waals surface area contributed by atoms with Crippen LogP contribution in [0.25, 0.3) is 0 Å². The number of anilines is 2. The lowest BCUT2D eigenvalue weighted by atomic mass is 10.2. The van der Waals surface area contributed by atoms with Crippen molar-refractivity contribution in [3.05, 3.63) is 72.4 Å². The van der Waals surface area contributed by atoms with Gasteiger partial charge >= 0.3 is 0 Å². The maximum Gasteiger partial charge on any atom is 0.265 e. The van der Waals surface area contributed by atoms with E-state index in [-0.39, 0.29) is 10.6 Å². The fourth-order valence-electron chi connectivity index (χ4n) is 2.55. The minimum atomic E-state index is -3.87. The zero-order chi connectivity index (χ0) is 20.0. The summed E-state index contributed by atoms with van der Waals surface area (Å²) in [5.74, 6) is 1.29. The summed E-state index contributed by atoms with van der Waals surface area (Å²) >= 11 is 0. The predicted molar refractivity (Wildman–Crippen MR) is 108 cm³/mol. The van der Waals surface area contributed by atoms with Crippen LogP contribution < -0.4 is 19.5 Å². The first-order valence-electron chi connectivity index (χ1n) is 8.50. The van der Waals surface area contributed by atoms with Crippen LogP contribution in [0.5, 0.6) is 11.5 Å². The number of pyridine rings is 1. The highest BCUT2D eigenvalue weighted by Crippen LogP contribution is 2.29. The van der Waals surface area contributed by atoms with Gasteiger partial charge in [-0.3, -0.25) is 4.72 Å². The van der Waals surface area contributed by atoms with Crippen LogP contribution in [0.3, 0.4) is 0 Å². The van der Waals surface area contributed by atoms with E-state index in [1.54, 1.807) is 24.3 Å². The number of hydrogen-bond acceptors (Lipinski definition) is 6. The smallest absolute Gasteiger partial charge is 0.265 e. The molecule has 1 aromatic heterocycles. The average Bonchev–Trinajstić information content (AvgIpc) is 2.73. The summed E-state index contributed by atoms with van der Waals surface area (Å²) in [6.07, 6.45) is 1.46. The van der Waals surface area contributed by atoms with Crippen LogP contribution in [0.4, 0.5) is 11.5 Å². The Labute approximate surface area is 164 Å². The van der Waals surface area contributed by atoms with Crippen molar-refractivity contribution < 1.29 is 17.9 Å². The number of methoxy groups -OCH3 is 2. The second-order valence-corrected chi connectivity index (χ2v) is 7.54. The van der Waals surface area contributed by atoms with Crippen molar-refractivity contribution in [1.29, 1.82) is 0 Å². The van der Waals surface area contributed by atoms with Crippen LogP contribution in [0, 0.1) is 0 Å². The molecule has 0 spiro atoms. The Kier molecular flexibility index (Phi) is 6.00. The Morgan fingerprint density at radius 1 is 0.964 bits per heavy atom. The predicted octanol–water partition coefficient (Wildman–Crippen LogP) is 3.51. The van der Waals surface area contributed by atoms with Crippen LogP contribution in [0.15, 0.2) is 71.8 Å². The summed E-state index contributed by atoms with van der Waals surface area (Å²) < 4.78 is 38.3. The molecular weight excluding hydrogens is 378 g/mol. The summed E-state index contributed by atoms with van der Waals surface area (Å²) in [6.45, 7) is 0.625. The van der Waals surface area contributed by atoms with Crippen molar-refractivity contribution in [3.8, 4) is 11.5 Å². The second kappa shape index (κ2) is 8.62. The van der Waals surface area contributed by atoms with Gasteiger partial charge in [-0.25, -0.2) is 13.4 Å².